The topological polar surface area (TPSA) is 51.5 Å². The summed E-state index contributed by atoms with van der Waals surface area (Å²) >= 11 is 5.77. The second-order valence-electron chi connectivity index (χ2n) is 5.71. The van der Waals surface area contributed by atoms with E-state index in [4.69, 9.17) is 20.8 Å². The van der Waals surface area contributed by atoms with Crippen LogP contribution in [0.4, 0.5) is 0 Å². The normalized spacial score (nSPS) is 13.0. The van der Waals surface area contributed by atoms with Crippen molar-refractivity contribution in [2.75, 3.05) is 13.2 Å². The van der Waals surface area contributed by atoms with Gasteiger partial charge in [0.2, 0.25) is 0 Å². The van der Waals surface area contributed by atoms with Crippen LogP contribution in [-0.4, -0.2) is 19.1 Å². The van der Waals surface area contributed by atoms with Crippen molar-refractivity contribution in [2.24, 2.45) is 0 Å². The van der Waals surface area contributed by atoms with Gasteiger partial charge in [0.1, 0.15) is 18.1 Å². The van der Waals surface area contributed by atoms with Gasteiger partial charge in [-0.05, 0) is 55.5 Å². The smallest absolute Gasteiger partial charge is 0.287 e. The molecule has 1 aliphatic rings. The number of rotatable bonds is 6. The Hall–Kier alpha value is -1.94. The van der Waals surface area contributed by atoms with Crippen molar-refractivity contribution < 1.29 is 13.9 Å². The van der Waals surface area contributed by atoms with Crippen molar-refractivity contribution in [2.45, 2.75) is 32.1 Å². The first-order chi connectivity index (χ1) is 11.2. The fraction of sp³-hybridized carbons (Fsp3) is 0.389. The fourth-order valence-corrected chi connectivity index (χ4v) is 3.09. The molecular weight excluding hydrogens is 314 g/mol. The molecule has 4 nitrogen and oxygen atoms in total. The zero-order chi connectivity index (χ0) is 16.2. The number of furan rings is 1. The molecular formula is C18H20ClNO3. The maximum absolute atomic E-state index is 12.0. The predicted octanol–water partition coefficient (Wildman–Crippen LogP) is 3.62. The third-order valence-electron chi connectivity index (χ3n) is 4.11. The van der Waals surface area contributed by atoms with Crippen molar-refractivity contribution in [3.05, 3.63) is 52.5 Å². The van der Waals surface area contributed by atoms with E-state index in [1.165, 1.54) is 24.0 Å². The van der Waals surface area contributed by atoms with Crippen molar-refractivity contribution in [1.82, 2.24) is 5.32 Å². The first kappa shape index (κ1) is 15.9. The van der Waals surface area contributed by atoms with Crippen LogP contribution in [0, 0.1) is 6.92 Å². The van der Waals surface area contributed by atoms with E-state index in [1.807, 2.05) is 6.07 Å². The number of carbonyl (C=O) groups is 1. The van der Waals surface area contributed by atoms with Crippen LogP contribution in [0.1, 0.15) is 39.4 Å². The largest absolute Gasteiger partial charge is 0.492 e. The molecule has 1 heterocycles. The molecule has 1 aromatic carbocycles. The quantitative estimate of drug-likeness (QED) is 0.649. The van der Waals surface area contributed by atoms with Crippen molar-refractivity contribution in [3.8, 4) is 5.75 Å². The molecule has 0 saturated carbocycles. The second-order valence-corrected chi connectivity index (χ2v) is 5.98. The summed E-state index contributed by atoms with van der Waals surface area (Å²) in [5, 5.41) is 2.79. The number of hydrogen-bond donors (Lipinski definition) is 1. The molecule has 0 fully saturated rings. The molecule has 0 unspecified atom stereocenters. The van der Waals surface area contributed by atoms with Gasteiger partial charge in [-0.1, -0.05) is 6.07 Å². The van der Waals surface area contributed by atoms with Gasteiger partial charge in [-0.25, -0.2) is 0 Å². The minimum Gasteiger partial charge on any atom is -0.492 e. The lowest BCUT2D eigenvalue weighted by atomic mass is 10.1. The maximum Gasteiger partial charge on any atom is 0.287 e. The van der Waals surface area contributed by atoms with E-state index in [0.29, 0.717) is 24.8 Å². The molecule has 0 bridgehead atoms. The number of halogens is 1. The Balaban J connectivity index is 1.46. The number of amides is 1. The lowest BCUT2D eigenvalue weighted by Gasteiger charge is -2.08. The summed E-state index contributed by atoms with van der Waals surface area (Å²) in [6.07, 6.45) is 3.52. The third kappa shape index (κ3) is 3.70. The molecule has 3 rings (SSSR count). The van der Waals surface area contributed by atoms with Crippen LogP contribution in [0.15, 0.2) is 28.7 Å². The molecule has 1 N–H and O–H groups in total. The highest BCUT2D eigenvalue weighted by molar-refractivity contribution is 6.17. The summed E-state index contributed by atoms with van der Waals surface area (Å²) in [4.78, 5) is 12.0. The van der Waals surface area contributed by atoms with Crippen molar-refractivity contribution in [3.63, 3.8) is 0 Å². The zero-order valence-corrected chi connectivity index (χ0v) is 13.9. The monoisotopic (exact) mass is 333 g/mol. The van der Waals surface area contributed by atoms with Gasteiger partial charge in [0.05, 0.1) is 12.4 Å². The Labute approximate surface area is 140 Å². The number of hydrogen-bond acceptors (Lipinski definition) is 3. The molecule has 0 aliphatic heterocycles. The van der Waals surface area contributed by atoms with E-state index in [-0.39, 0.29) is 11.7 Å². The van der Waals surface area contributed by atoms with E-state index < -0.39 is 0 Å². The average Bonchev–Trinajstić information content (AvgIpc) is 3.16. The summed E-state index contributed by atoms with van der Waals surface area (Å²) in [6.45, 7) is 2.64. The van der Waals surface area contributed by atoms with Crippen LogP contribution in [0.3, 0.4) is 0 Å². The van der Waals surface area contributed by atoms with Gasteiger partial charge in [0.25, 0.3) is 5.91 Å². The van der Waals surface area contributed by atoms with Gasteiger partial charge in [0, 0.05) is 5.56 Å². The molecule has 0 saturated heterocycles. The molecule has 0 spiro atoms. The molecule has 1 amide bonds. The summed E-state index contributed by atoms with van der Waals surface area (Å²) in [5.74, 6) is 1.92. The minimum atomic E-state index is -0.248. The molecule has 0 radical (unpaired) electrons. The van der Waals surface area contributed by atoms with Crippen molar-refractivity contribution in [1.29, 1.82) is 0 Å². The summed E-state index contributed by atoms with van der Waals surface area (Å²) in [5.41, 5.74) is 3.64. The molecule has 1 aliphatic carbocycles. The first-order valence-corrected chi connectivity index (χ1v) is 8.39. The number of nitrogens with one attached hydrogen (secondary N) is 1. The molecule has 1 aromatic heterocycles. The fourth-order valence-electron chi connectivity index (χ4n) is 2.82. The van der Waals surface area contributed by atoms with E-state index >= 15 is 0 Å². The van der Waals surface area contributed by atoms with E-state index in [0.717, 1.165) is 17.7 Å². The summed E-state index contributed by atoms with van der Waals surface area (Å²) in [6, 6.07) is 7.91. The Morgan fingerprint density at radius 3 is 2.91 bits per heavy atom. The highest BCUT2D eigenvalue weighted by atomic mass is 35.5. The van der Waals surface area contributed by atoms with Gasteiger partial charge < -0.3 is 14.5 Å². The molecule has 122 valence electrons. The van der Waals surface area contributed by atoms with E-state index in [1.54, 1.807) is 13.0 Å². The van der Waals surface area contributed by atoms with Gasteiger partial charge in [-0.3, -0.25) is 4.79 Å². The van der Waals surface area contributed by atoms with Crippen LogP contribution in [0.25, 0.3) is 0 Å². The SMILES string of the molecule is Cc1oc(C(=O)NCCOc2ccc3c(c2)CCC3)cc1CCl. The van der Waals surface area contributed by atoms with Gasteiger partial charge >= 0.3 is 0 Å². The Kier molecular flexibility index (Phi) is 4.91. The van der Waals surface area contributed by atoms with Gasteiger partial charge in [0.15, 0.2) is 5.76 Å². The number of carbonyl (C=O) groups excluding carboxylic acids is 1. The van der Waals surface area contributed by atoms with Gasteiger partial charge in [-0.2, -0.15) is 0 Å². The molecule has 23 heavy (non-hydrogen) atoms. The lowest BCUT2D eigenvalue weighted by Crippen LogP contribution is -2.27. The van der Waals surface area contributed by atoms with Crippen molar-refractivity contribution >= 4 is 17.5 Å². The lowest BCUT2D eigenvalue weighted by molar-refractivity contribution is 0.0918. The number of alkyl halides is 1. The van der Waals surface area contributed by atoms with E-state index in [2.05, 4.69) is 17.4 Å². The third-order valence-corrected chi connectivity index (χ3v) is 4.40. The van der Waals surface area contributed by atoms with Crippen LogP contribution < -0.4 is 10.1 Å². The highest BCUT2D eigenvalue weighted by Crippen LogP contribution is 2.25. The Bertz CT molecular complexity index is 708. The maximum atomic E-state index is 12.0. The van der Waals surface area contributed by atoms with Gasteiger partial charge in [-0.15, -0.1) is 11.6 Å². The number of fused-ring (bicyclic) bond motifs is 1. The molecule has 5 heteroatoms. The standard InChI is InChI=1S/C18H20ClNO3/c1-12-15(11-19)10-17(23-12)18(21)20-7-8-22-16-6-5-13-3-2-4-14(13)9-16/h5-6,9-10H,2-4,7-8,11H2,1H3,(H,20,21). The summed E-state index contributed by atoms with van der Waals surface area (Å²) < 4.78 is 11.1. The molecule has 2 aromatic rings. The number of ether oxygens (including phenoxy) is 1. The zero-order valence-electron chi connectivity index (χ0n) is 13.2. The van der Waals surface area contributed by atoms with Crippen LogP contribution in [0.5, 0.6) is 5.75 Å². The van der Waals surface area contributed by atoms with E-state index in [9.17, 15) is 4.79 Å². The predicted molar refractivity (Wildman–Crippen MR) is 89.3 cm³/mol. The molecule has 0 atom stereocenters. The highest BCUT2D eigenvalue weighted by Gasteiger charge is 2.14. The van der Waals surface area contributed by atoms with Crippen LogP contribution in [0.2, 0.25) is 0 Å². The van der Waals surface area contributed by atoms with Crippen LogP contribution >= 0.6 is 11.6 Å². The summed E-state index contributed by atoms with van der Waals surface area (Å²) in [7, 11) is 0. The minimum absolute atomic E-state index is 0.248. The Morgan fingerprint density at radius 1 is 1.30 bits per heavy atom. The van der Waals surface area contributed by atoms with Crippen LogP contribution in [-0.2, 0) is 18.7 Å². The first-order valence-electron chi connectivity index (χ1n) is 7.85. The number of aryl methyl sites for hydroxylation is 3. The average molecular weight is 334 g/mol. The Morgan fingerprint density at radius 2 is 2.13 bits per heavy atom. The number of benzene rings is 1. The second kappa shape index (κ2) is 7.09.